The van der Waals surface area contributed by atoms with Gasteiger partial charge in [0.1, 0.15) is 6.61 Å². The van der Waals surface area contributed by atoms with Crippen LogP contribution in [0.1, 0.15) is 70.1 Å². The molecule has 0 saturated carbocycles. The lowest BCUT2D eigenvalue weighted by molar-refractivity contribution is -0.149. The Morgan fingerprint density at radius 2 is 1.48 bits per heavy atom. The fourth-order valence-electron chi connectivity index (χ4n) is 5.87. The van der Waals surface area contributed by atoms with E-state index in [0.29, 0.717) is 30.5 Å². The van der Waals surface area contributed by atoms with Gasteiger partial charge in [-0.25, -0.2) is 14.8 Å². The molecule has 0 spiro atoms. The Morgan fingerprint density at radius 3 is 1.92 bits per heavy atom. The minimum Gasteiger partial charge on any atom is -0.481 e. The molecule has 3 atom stereocenters. The maximum Gasteiger partial charge on any atom is 0.416 e. The Balaban J connectivity index is 1.73. The van der Waals surface area contributed by atoms with Gasteiger partial charge in [-0.05, 0) is 69.4 Å². The molecule has 4 rings (SSSR count). The van der Waals surface area contributed by atoms with Gasteiger partial charge < -0.3 is 24.2 Å². The number of hydrogen-bond acceptors (Lipinski definition) is 6. The minimum atomic E-state index is -5.02. The van der Waals surface area contributed by atoms with Gasteiger partial charge in [-0.15, -0.1) is 0 Å². The molecule has 1 aromatic carbocycles. The summed E-state index contributed by atoms with van der Waals surface area (Å²) < 4.78 is 89.9. The number of hydrogen-bond donors (Lipinski definition) is 1. The normalized spacial score (nSPS) is 18.9. The molecule has 3 heterocycles. The van der Waals surface area contributed by atoms with Crippen LogP contribution in [0.3, 0.4) is 0 Å². The van der Waals surface area contributed by atoms with E-state index in [1.54, 1.807) is 22.2 Å². The summed E-state index contributed by atoms with van der Waals surface area (Å²) in [4.78, 5) is 37.1. The van der Waals surface area contributed by atoms with E-state index >= 15 is 0 Å². The van der Waals surface area contributed by atoms with Gasteiger partial charge in [0.05, 0.1) is 16.5 Å². The Kier molecular flexibility index (Phi) is 10.7. The lowest BCUT2D eigenvalue weighted by Gasteiger charge is -2.47. The largest absolute Gasteiger partial charge is 0.481 e. The zero-order chi connectivity index (χ0) is 35.6. The van der Waals surface area contributed by atoms with E-state index in [1.807, 2.05) is 43.9 Å². The third kappa shape index (κ3) is 8.40. The molecule has 3 aromatic rings. The number of anilines is 1. The van der Waals surface area contributed by atoms with Crippen molar-refractivity contribution >= 4 is 18.0 Å². The number of ether oxygens (including phenoxy) is 1. The molecule has 0 bridgehead atoms. The van der Waals surface area contributed by atoms with E-state index < -0.39 is 59.1 Å². The molecule has 2 aromatic heterocycles. The number of likely N-dealkylation sites (tertiary alicyclic amines) is 1. The maximum absolute atomic E-state index is 13.8. The number of rotatable bonds is 10. The van der Waals surface area contributed by atoms with Gasteiger partial charge in [-0.1, -0.05) is 13.8 Å². The molecule has 1 amide bonds. The van der Waals surface area contributed by atoms with Gasteiger partial charge >= 0.3 is 24.4 Å². The average molecular weight is 684 g/mol. The fourth-order valence-corrected chi connectivity index (χ4v) is 5.87. The number of aromatic nitrogens is 3. The number of aliphatic carboxylic acids is 1. The molecule has 0 aliphatic carbocycles. The van der Waals surface area contributed by atoms with Crippen molar-refractivity contribution < 1.29 is 45.8 Å². The zero-order valence-electron chi connectivity index (χ0n) is 27.3. The molecule has 1 unspecified atom stereocenters. The van der Waals surface area contributed by atoms with Crippen LogP contribution in [0.5, 0.6) is 0 Å². The van der Waals surface area contributed by atoms with Crippen LogP contribution < -0.4 is 4.90 Å². The Hall–Kier alpha value is -4.30. The number of carboxylic acid groups (broad SMARTS) is 1. The van der Waals surface area contributed by atoms with Crippen molar-refractivity contribution in [1.82, 2.24) is 19.4 Å². The van der Waals surface area contributed by atoms with Crippen LogP contribution in [0.4, 0.5) is 37.1 Å². The molecule has 0 radical (unpaired) electrons. The first-order valence-corrected chi connectivity index (χ1v) is 15.5. The summed E-state index contributed by atoms with van der Waals surface area (Å²) >= 11 is 0. The average Bonchev–Trinajstić information content (AvgIpc) is 3.47. The number of amides is 1. The van der Waals surface area contributed by atoms with Crippen molar-refractivity contribution in [2.24, 2.45) is 12.5 Å². The second-order valence-electron chi connectivity index (χ2n) is 12.8. The number of piperidine rings is 1. The minimum absolute atomic E-state index is 0.0922. The summed E-state index contributed by atoms with van der Waals surface area (Å²) in [6, 6.07) is 1.97. The quantitative estimate of drug-likeness (QED) is 0.218. The number of carbonyl (C=O) groups excluding carboxylic acids is 1. The number of benzene rings is 1. The van der Waals surface area contributed by atoms with E-state index in [1.165, 1.54) is 13.8 Å². The Morgan fingerprint density at radius 1 is 0.938 bits per heavy atom. The van der Waals surface area contributed by atoms with Crippen molar-refractivity contribution in [2.75, 3.05) is 11.5 Å². The maximum atomic E-state index is 13.8. The number of nitrogens with zero attached hydrogens (tertiary/aromatic N) is 5. The first-order chi connectivity index (χ1) is 22.3. The van der Waals surface area contributed by atoms with Crippen molar-refractivity contribution in [3.05, 3.63) is 65.7 Å². The summed E-state index contributed by atoms with van der Waals surface area (Å²) in [7, 11) is 1.84. The van der Waals surface area contributed by atoms with Crippen LogP contribution in [-0.2, 0) is 35.5 Å². The van der Waals surface area contributed by atoms with Crippen molar-refractivity contribution in [3.63, 3.8) is 0 Å². The first-order valence-electron chi connectivity index (χ1n) is 15.5. The number of carbonyl (C=O) groups is 2. The van der Waals surface area contributed by atoms with Gasteiger partial charge in [-0.3, -0.25) is 4.79 Å². The van der Waals surface area contributed by atoms with Gasteiger partial charge in [0.2, 0.25) is 5.95 Å². The molecule has 48 heavy (non-hydrogen) atoms. The molecular weight excluding hydrogens is 644 g/mol. The molecule has 1 saturated heterocycles. The predicted molar refractivity (Wildman–Crippen MR) is 165 cm³/mol. The summed E-state index contributed by atoms with van der Waals surface area (Å²) in [5.41, 5.74) is -2.92. The van der Waals surface area contributed by atoms with Crippen LogP contribution in [0.25, 0.3) is 11.1 Å². The van der Waals surface area contributed by atoms with Crippen molar-refractivity contribution in [2.45, 2.75) is 90.4 Å². The molecule has 1 aliphatic heterocycles. The Labute approximate surface area is 274 Å². The third-order valence-electron chi connectivity index (χ3n) is 8.67. The fraction of sp³-hybridized carbons (Fsp3) is 0.515. The molecule has 1 N–H and O–H groups in total. The van der Waals surface area contributed by atoms with Crippen LogP contribution in [0, 0.1) is 5.41 Å². The van der Waals surface area contributed by atoms with Crippen molar-refractivity contribution in [1.29, 1.82) is 0 Å². The van der Waals surface area contributed by atoms with Gasteiger partial charge in [-0.2, -0.15) is 26.3 Å². The summed E-state index contributed by atoms with van der Waals surface area (Å²) in [5, 5.41) is 9.44. The monoisotopic (exact) mass is 683 g/mol. The predicted octanol–water partition coefficient (Wildman–Crippen LogP) is 7.80. The van der Waals surface area contributed by atoms with E-state index in [9.17, 15) is 41.0 Å². The highest BCUT2D eigenvalue weighted by molar-refractivity contribution is 5.75. The second kappa shape index (κ2) is 14.0. The number of alkyl halides is 6. The van der Waals surface area contributed by atoms with Gasteiger partial charge in [0.25, 0.3) is 0 Å². The van der Waals surface area contributed by atoms with E-state index in [2.05, 4.69) is 9.97 Å². The molecule has 9 nitrogen and oxygen atoms in total. The lowest BCUT2D eigenvalue weighted by atomic mass is 9.87. The molecule has 262 valence electrons. The summed E-state index contributed by atoms with van der Waals surface area (Å²) in [6.07, 6.45) is -2.50. The molecule has 1 fully saturated rings. The second-order valence-corrected chi connectivity index (χ2v) is 12.8. The molecular formula is C33H39F6N5O4. The van der Waals surface area contributed by atoms with Crippen LogP contribution in [-0.4, -0.2) is 61.3 Å². The van der Waals surface area contributed by atoms with Crippen LogP contribution in [0.2, 0.25) is 0 Å². The molecule has 1 aliphatic rings. The smallest absolute Gasteiger partial charge is 0.416 e. The van der Waals surface area contributed by atoms with Crippen molar-refractivity contribution in [3.8, 4) is 11.1 Å². The van der Waals surface area contributed by atoms with Gasteiger partial charge in [0, 0.05) is 67.6 Å². The number of halogens is 6. The highest BCUT2D eigenvalue weighted by Gasteiger charge is 2.42. The third-order valence-corrected chi connectivity index (χ3v) is 8.67. The highest BCUT2D eigenvalue weighted by atomic mass is 19.4. The molecule has 15 heteroatoms. The number of aryl methyl sites for hydroxylation is 1. The van der Waals surface area contributed by atoms with E-state index in [0.717, 1.165) is 5.56 Å². The Bertz CT molecular complexity index is 1540. The highest BCUT2D eigenvalue weighted by Crippen LogP contribution is 2.38. The topological polar surface area (TPSA) is 101 Å². The standard InChI is InChI=1S/C33H39F6N5O4/c1-6-25-13-27(14-26(7-2)44(25)30(47)48-19-31(3,4)28(45)46)43(29-40-15-22(16-41-29)21-8-9-42(5)18-21)17-20-10-23(32(34,35)36)12-24(11-20)33(37,38)39/h8-12,15-16,18,25-27H,6-7,13-14,17,19H2,1-5H3,(H,45,46)/t25-,26+,27?. The van der Waals surface area contributed by atoms with Crippen LogP contribution in [0.15, 0.2) is 49.1 Å². The first kappa shape index (κ1) is 36.5. The van der Waals surface area contributed by atoms with Gasteiger partial charge in [0.15, 0.2) is 0 Å². The zero-order valence-corrected chi connectivity index (χ0v) is 27.3. The van der Waals surface area contributed by atoms with E-state index in [-0.39, 0.29) is 43.6 Å². The summed E-state index contributed by atoms with van der Waals surface area (Å²) in [5.74, 6) is -1.03. The number of carboxylic acids is 1. The summed E-state index contributed by atoms with van der Waals surface area (Å²) in [6.45, 7) is 5.83. The lowest BCUT2D eigenvalue weighted by Crippen LogP contribution is -2.57. The SMILES string of the molecule is CC[C@@H]1CC(N(Cc2cc(C(F)(F)F)cc(C(F)(F)F)c2)c2ncc(-c3ccn(C)c3)cn2)C[C@H](CC)N1C(=O)OCC(C)(C)C(=O)O. The van der Waals surface area contributed by atoms with E-state index in [4.69, 9.17) is 4.74 Å². The van der Waals surface area contributed by atoms with Crippen LogP contribution >= 0.6 is 0 Å².